The molecule has 2 N–H and O–H groups in total. The first-order valence-electron chi connectivity index (χ1n) is 15.3. The molecule has 4 aromatic heterocycles. The first-order chi connectivity index (χ1) is 21.6. The number of primary amides is 1. The van der Waals surface area contributed by atoms with Gasteiger partial charge in [0.05, 0.1) is 39.5 Å². The number of amides is 2. The molecule has 0 aromatic carbocycles. The van der Waals surface area contributed by atoms with Crippen LogP contribution < -0.4 is 10.6 Å². The number of hydrogen-bond acceptors (Lipinski definition) is 10. The number of aromatic nitrogens is 4. The van der Waals surface area contributed by atoms with E-state index < -0.39 is 21.8 Å². The van der Waals surface area contributed by atoms with Crippen molar-refractivity contribution in [1.82, 2.24) is 29.4 Å². The molecule has 4 aromatic rings. The molecule has 12 nitrogen and oxygen atoms in total. The zero-order valence-electron chi connectivity index (χ0n) is 25.7. The highest BCUT2D eigenvalue weighted by atomic mass is 32.2. The van der Waals surface area contributed by atoms with Crippen LogP contribution in [0.5, 0.6) is 0 Å². The van der Waals surface area contributed by atoms with Crippen molar-refractivity contribution in [2.45, 2.75) is 45.7 Å². The molecule has 2 aliphatic rings. The molecule has 14 heteroatoms. The fourth-order valence-electron chi connectivity index (χ4n) is 6.28. The maximum Gasteiger partial charge on any atom is 0.249 e. The van der Waals surface area contributed by atoms with E-state index in [0.717, 1.165) is 23.7 Å². The number of sulfone groups is 1. The third kappa shape index (κ3) is 6.06. The van der Waals surface area contributed by atoms with Crippen LogP contribution in [0.4, 0.5) is 5.82 Å². The summed E-state index contributed by atoms with van der Waals surface area (Å²) < 4.78 is 25.7. The van der Waals surface area contributed by atoms with Gasteiger partial charge >= 0.3 is 0 Å². The Hall–Kier alpha value is -3.88. The predicted octanol–water partition coefficient (Wildman–Crippen LogP) is 2.73. The van der Waals surface area contributed by atoms with Crippen LogP contribution in [0.2, 0.25) is 0 Å². The number of fused-ring (bicyclic) bond motifs is 1. The Morgan fingerprint density at radius 3 is 2.49 bits per heavy atom. The topological polar surface area (TPSA) is 147 Å². The van der Waals surface area contributed by atoms with E-state index in [1.54, 1.807) is 33.0 Å². The Labute approximate surface area is 266 Å². The first-order valence-corrected chi connectivity index (χ1v) is 18.0. The van der Waals surface area contributed by atoms with E-state index in [4.69, 9.17) is 15.7 Å². The van der Waals surface area contributed by atoms with E-state index in [1.165, 1.54) is 0 Å². The van der Waals surface area contributed by atoms with Crippen molar-refractivity contribution in [2.75, 3.05) is 49.1 Å². The lowest BCUT2D eigenvalue weighted by Gasteiger charge is -2.44. The molecule has 2 saturated heterocycles. The van der Waals surface area contributed by atoms with E-state index in [9.17, 15) is 18.0 Å². The summed E-state index contributed by atoms with van der Waals surface area (Å²) in [5.41, 5.74) is 9.63. The molecule has 0 bridgehead atoms. The molecular formula is C31H38N8O4S2. The summed E-state index contributed by atoms with van der Waals surface area (Å²) in [6.07, 6.45) is 4.65. The standard InChI is InChI=1S/C31H38N8O4S2/c1-4-36(5-2)20(3)17-22-21(28(32)40)18-25(23-19-33-39-11-8-24(34-30(23)39)27-7-6-14-44-27)35-29(22)38-10-9-26(38)31(41)37-12-15-45(42,43)16-13-37/h6-8,11,14,18-20,26H,4-5,9-10,12-13,15-17H2,1-3H3,(H2,32,40)/t20-,26-/m0/s1. The normalized spacial score (nSPS) is 18.7. The van der Waals surface area contributed by atoms with Gasteiger partial charge in [-0.2, -0.15) is 5.10 Å². The van der Waals surface area contributed by atoms with Gasteiger partial charge < -0.3 is 20.4 Å². The van der Waals surface area contributed by atoms with E-state index >= 15 is 0 Å². The van der Waals surface area contributed by atoms with E-state index in [-0.39, 0.29) is 36.5 Å². The molecule has 2 fully saturated rings. The van der Waals surface area contributed by atoms with E-state index in [0.29, 0.717) is 53.2 Å². The number of nitrogens with zero attached hydrogens (tertiary/aromatic N) is 7. The van der Waals surface area contributed by atoms with Crippen molar-refractivity contribution >= 4 is 44.5 Å². The molecule has 0 saturated carbocycles. The van der Waals surface area contributed by atoms with Crippen LogP contribution in [0.1, 0.15) is 43.1 Å². The van der Waals surface area contributed by atoms with Crippen LogP contribution in [0.15, 0.2) is 42.0 Å². The van der Waals surface area contributed by atoms with Crippen molar-refractivity contribution < 1.29 is 18.0 Å². The van der Waals surface area contributed by atoms with Crippen LogP contribution in [0.3, 0.4) is 0 Å². The fraction of sp³-hybridized carbons (Fsp3) is 0.452. The number of thiophene rings is 1. The molecule has 6 rings (SSSR count). The Morgan fingerprint density at radius 1 is 1.11 bits per heavy atom. The number of pyridine rings is 1. The second kappa shape index (κ2) is 12.5. The summed E-state index contributed by atoms with van der Waals surface area (Å²) >= 11 is 1.59. The lowest BCUT2D eigenvalue weighted by Crippen LogP contribution is -2.59. The average Bonchev–Trinajstić information content (AvgIpc) is 3.68. The third-order valence-electron chi connectivity index (χ3n) is 8.95. The smallest absolute Gasteiger partial charge is 0.249 e. The number of carbonyl (C=O) groups excluding carboxylic acids is 2. The minimum absolute atomic E-state index is 0.0349. The number of likely N-dealkylation sites (N-methyl/N-ethyl adjacent to an activating group) is 1. The molecular weight excluding hydrogens is 613 g/mol. The maximum atomic E-state index is 13.7. The molecule has 2 amide bonds. The summed E-state index contributed by atoms with van der Waals surface area (Å²) in [5.74, 6) is -0.220. The largest absolute Gasteiger partial charge is 0.366 e. The zero-order valence-corrected chi connectivity index (χ0v) is 27.4. The minimum Gasteiger partial charge on any atom is -0.366 e. The molecule has 45 heavy (non-hydrogen) atoms. The van der Waals surface area contributed by atoms with Crippen LogP contribution >= 0.6 is 11.3 Å². The van der Waals surface area contributed by atoms with Crippen LogP contribution in [0, 0.1) is 0 Å². The van der Waals surface area contributed by atoms with Crippen LogP contribution in [-0.2, 0) is 21.1 Å². The Morgan fingerprint density at radius 2 is 1.87 bits per heavy atom. The van der Waals surface area contributed by atoms with Gasteiger partial charge in [-0.25, -0.2) is 22.9 Å². The van der Waals surface area contributed by atoms with Gasteiger partial charge in [0.15, 0.2) is 15.5 Å². The molecule has 0 radical (unpaired) electrons. The van der Waals surface area contributed by atoms with Gasteiger partial charge in [0, 0.05) is 43.0 Å². The summed E-state index contributed by atoms with van der Waals surface area (Å²) in [6.45, 7) is 8.92. The second-order valence-electron chi connectivity index (χ2n) is 11.6. The van der Waals surface area contributed by atoms with Gasteiger partial charge in [0.25, 0.3) is 0 Å². The van der Waals surface area contributed by atoms with Gasteiger partial charge in [0.1, 0.15) is 11.9 Å². The Kier molecular flexibility index (Phi) is 8.63. The molecule has 0 unspecified atom stereocenters. The van der Waals surface area contributed by atoms with Crippen molar-refractivity contribution in [3.05, 3.63) is 53.2 Å². The minimum atomic E-state index is -3.13. The molecule has 238 valence electrons. The highest BCUT2D eigenvalue weighted by Crippen LogP contribution is 2.36. The highest BCUT2D eigenvalue weighted by Gasteiger charge is 2.41. The predicted molar refractivity (Wildman–Crippen MR) is 175 cm³/mol. The molecule has 2 aliphatic heterocycles. The summed E-state index contributed by atoms with van der Waals surface area (Å²) in [4.78, 5) is 43.7. The van der Waals surface area contributed by atoms with Gasteiger partial charge in [-0.05, 0) is 56.4 Å². The number of anilines is 1. The van der Waals surface area contributed by atoms with Gasteiger partial charge in [-0.3, -0.25) is 9.59 Å². The summed E-state index contributed by atoms with van der Waals surface area (Å²) in [6, 6.07) is 7.18. The van der Waals surface area contributed by atoms with Crippen molar-refractivity contribution in [2.24, 2.45) is 5.73 Å². The number of hydrogen-bond donors (Lipinski definition) is 1. The van der Waals surface area contributed by atoms with Crippen LogP contribution in [0.25, 0.3) is 27.5 Å². The Balaban J connectivity index is 1.45. The number of nitrogens with two attached hydrogens (primary N) is 1. The third-order valence-corrected chi connectivity index (χ3v) is 11.5. The monoisotopic (exact) mass is 650 g/mol. The van der Waals surface area contributed by atoms with Gasteiger partial charge in [-0.1, -0.05) is 19.9 Å². The molecule has 0 aliphatic carbocycles. The van der Waals surface area contributed by atoms with Crippen molar-refractivity contribution in [1.29, 1.82) is 0 Å². The zero-order chi connectivity index (χ0) is 31.9. The van der Waals surface area contributed by atoms with Gasteiger partial charge in [-0.15, -0.1) is 11.3 Å². The second-order valence-corrected chi connectivity index (χ2v) is 14.8. The summed E-state index contributed by atoms with van der Waals surface area (Å²) in [5, 5.41) is 6.50. The summed E-state index contributed by atoms with van der Waals surface area (Å²) in [7, 11) is -3.13. The van der Waals surface area contributed by atoms with Crippen LogP contribution in [-0.4, -0.2) is 106 Å². The molecule has 2 atom stereocenters. The fourth-order valence-corrected chi connectivity index (χ4v) is 8.18. The number of carbonyl (C=O) groups is 2. The quantitative estimate of drug-likeness (QED) is 0.274. The van der Waals surface area contributed by atoms with Crippen molar-refractivity contribution in [3.63, 3.8) is 0 Å². The SMILES string of the molecule is CCN(CC)[C@@H](C)Cc1c(C(N)=O)cc(-c2cnn3ccc(-c4cccs4)nc23)nc1N1CC[C@H]1C(=O)N1CCS(=O)(=O)CC1. The van der Waals surface area contributed by atoms with Crippen molar-refractivity contribution in [3.8, 4) is 21.8 Å². The molecule has 0 spiro atoms. The maximum absolute atomic E-state index is 13.7. The first kappa shape index (κ1) is 31.1. The Bertz CT molecular complexity index is 1820. The number of rotatable bonds is 10. The lowest BCUT2D eigenvalue weighted by molar-refractivity contribution is -0.133. The molecule has 6 heterocycles. The van der Waals surface area contributed by atoms with E-state index in [2.05, 4.69) is 30.8 Å². The van der Waals surface area contributed by atoms with Gasteiger partial charge in [0.2, 0.25) is 11.8 Å². The highest BCUT2D eigenvalue weighted by molar-refractivity contribution is 7.91. The lowest BCUT2D eigenvalue weighted by atomic mass is 9.94. The van der Waals surface area contributed by atoms with E-state index in [1.807, 2.05) is 34.7 Å². The average molecular weight is 651 g/mol.